The number of benzene rings is 2. The van der Waals surface area contributed by atoms with Crippen LogP contribution in [-0.4, -0.2) is 26.3 Å². The van der Waals surface area contributed by atoms with Crippen molar-refractivity contribution >= 4 is 19.8 Å². The van der Waals surface area contributed by atoms with Gasteiger partial charge in [0.25, 0.3) is 0 Å². The predicted molar refractivity (Wildman–Crippen MR) is 120 cm³/mol. The van der Waals surface area contributed by atoms with E-state index in [0.717, 1.165) is 11.1 Å². The van der Waals surface area contributed by atoms with E-state index in [1.54, 1.807) is 6.92 Å². The predicted octanol–water partition coefficient (Wildman–Crippen LogP) is 4.53. The molecular weight excluding hydrogens is 412 g/mol. The zero-order chi connectivity index (χ0) is 22.8. The zero-order valence-corrected chi connectivity index (χ0v) is 19.3. The SMILES string of the molecule is Cc1cc(F)c([C@@H]2CNC(=O)[C@H]2CC(=O)Cc2ccc(C#C[Si](C)(C)C)cc2)c(F)c1. The quantitative estimate of drug-likeness (QED) is 0.549. The lowest BCUT2D eigenvalue weighted by Crippen LogP contribution is -2.23. The van der Waals surface area contributed by atoms with Crippen molar-refractivity contribution in [2.75, 3.05) is 6.54 Å². The van der Waals surface area contributed by atoms with Crippen LogP contribution in [0.3, 0.4) is 0 Å². The van der Waals surface area contributed by atoms with Gasteiger partial charge in [-0.15, -0.1) is 5.54 Å². The Kier molecular flexibility index (Phi) is 6.76. The van der Waals surface area contributed by atoms with Gasteiger partial charge in [0.2, 0.25) is 5.91 Å². The lowest BCUT2D eigenvalue weighted by molar-refractivity contribution is -0.127. The summed E-state index contributed by atoms with van der Waals surface area (Å²) in [5.74, 6) is -0.129. The smallest absolute Gasteiger partial charge is 0.224 e. The lowest BCUT2D eigenvalue weighted by atomic mass is 9.83. The maximum atomic E-state index is 14.4. The van der Waals surface area contributed by atoms with Crippen LogP contribution in [0.4, 0.5) is 8.78 Å². The van der Waals surface area contributed by atoms with Gasteiger partial charge in [0.1, 0.15) is 25.5 Å². The number of amides is 1. The van der Waals surface area contributed by atoms with Crippen LogP contribution in [0.15, 0.2) is 36.4 Å². The van der Waals surface area contributed by atoms with Crippen molar-refractivity contribution in [1.82, 2.24) is 5.32 Å². The van der Waals surface area contributed by atoms with E-state index in [4.69, 9.17) is 0 Å². The molecule has 0 radical (unpaired) electrons. The Labute approximate surface area is 183 Å². The highest BCUT2D eigenvalue weighted by molar-refractivity contribution is 6.83. The van der Waals surface area contributed by atoms with Crippen LogP contribution in [-0.2, 0) is 16.0 Å². The molecule has 1 saturated heterocycles. The molecule has 0 aromatic heterocycles. The number of hydrogen-bond donors (Lipinski definition) is 1. The summed E-state index contributed by atoms with van der Waals surface area (Å²) in [7, 11) is -1.46. The number of Topliss-reactive ketones (excluding diaryl/α,β-unsaturated/α-hetero) is 1. The number of halogens is 2. The fourth-order valence-corrected chi connectivity index (χ4v) is 4.30. The minimum absolute atomic E-state index is 0.0551. The van der Waals surface area contributed by atoms with Crippen molar-refractivity contribution in [1.29, 1.82) is 0 Å². The topological polar surface area (TPSA) is 46.2 Å². The molecule has 2 aromatic rings. The highest BCUT2D eigenvalue weighted by Gasteiger charge is 2.39. The average Bonchev–Trinajstić information content (AvgIpc) is 3.00. The van der Waals surface area contributed by atoms with Crippen molar-refractivity contribution in [2.24, 2.45) is 5.92 Å². The summed E-state index contributed by atoms with van der Waals surface area (Å²) >= 11 is 0. The lowest BCUT2D eigenvalue weighted by Gasteiger charge is -2.18. The van der Waals surface area contributed by atoms with Crippen molar-refractivity contribution in [3.63, 3.8) is 0 Å². The molecular formula is C25H27F2NO2Si. The van der Waals surface area contributed by atoms with Gasteiger partial charge in [0.05, 0.1) is 5.92 Å². The Hall–Kier alpha value is -2.78. The fraction of sp³-hybridized carbons (Fsp3) is 0.360. The number of carbonyl (C=O) groups is 2. The number of rotatable bonds is 5. The molecule has 1 heterocycles. The van der Waals surface area contributed by atoms with Gasteiger partial charge < -0.3 is 5.32 Å². The highest BCUT2D eigenvalue weighted by Crippen LogP contribution is 2.35. The molecule has 0 saturated carbocycles. The van der Waals surface area contributed by atoms with E-state index in [0.29, 0.717) is 5.56 Å². The summed E-state index contributed by atoms with van der Waals surface area (Å²) in [6, 6.07) is 10.0. The largest absolute Gasteiger partial charge is 0.355 e. The van der Waals surface area contributed by atoms with Crippen LogP contribution < -0.4 is 5.32 Å². The summed E-state index contributed by atoms with van der Waals surface area (Å²) in [6.45, 7) is 8.25. The van der Waals surface area contributed by atoms with Crippen LogP contribution >= 0.6 is 0 Å². The third-order valence-electron chi connectivity index (χ3n) is 5.30. The number of aryl methyl sites for hydroxylation is 1. The first kappa shape index (κ1) is 22.9. The molecule has 31 heavy (non-hydrogen) atoms. The molecule has 0 unspecified atom stereocenters. The van der Waals surface area contributed by atoms with E-state index in [2.05, 4.69) is 36.4 Å². The molecule has 2 aromatic carbocycles. The zero-order valence-electron chi connectivity index (χ0n) is 18.3. The first-order valence-electron chi connectivity index (χ1n) is 10.4. The van der Waals surface area contributed by atoms with Crippen LogP contribution in [0, 0.1) is 35.9 Å². The van der Waals surface area contributed by atoms with E-state index in [1.807, 2.05) is 24.3 Å². The van der Waals surface area contributed by atoms with Crippen molar-refractivity contribution in [2.45, 2.75) is 45.3 Å². The molecule has 3 rings (SSSR count). The van der Waals surface area contributed by atoms with E-state index < -0.39 is 31.5 Å². The number of nitrogens with one attached hydrogen (secondary N) is 1. The molecule has 0 bridgehead atoms. The molecule has 1 amide bonds. The third kappa shape index (κ3) is 5.89. The van der Waals surface area contributed by atoms with Gasteiger partial charge in [0.15, 0.2) is 0 Å². The molecule has 1 fully saturated rings. The molecule has 3 nitrogen and oxygen atoms in total. The summed E-state index contributed by atoms with van der Waals surface area (Å²) < 4.78 is 28.9. The van der Waals surface area contributed by atoms with Crippen molar-refractivity contribution < 1.29 is 18.4 Å². The summed E-state index contributed by atoms with van der Waals surface area (Å²) in [5.41, 5.74) is 5.38. The Morgan fingerprint density at radius 3 is 2.32 bits per heavy atom. The summed E-state index contributed by atoms with van der Waals surface area (Å²) in [6.07, 6.45) is 0.109. The second kappa shape index (κ2) is 9.15. The fourth-order valence-electron chi connectivity index (χ4n) is 3.78. The van der Waals surface area contributed by atoms with E-state index in [-0.39, 0.29) is 36.6 Å². The van der Waals surface area contributed by atoms with Crippen molar-refractivity contribution in [3.05, 3.63) is 70.3 Å². The van der Waals surface area contributed by atoms with E-state index in [9.17, 15) is 18.4 Å². The van der Waals surface area contributed by atoms with Gasteiger partial charge in [-0.25, -0.2) is 8.78 Å². The minimum atomic E-state index is -1.46. The second-order valence-electron chi connectivity index (χ2n) is 9.22. The van der Waals surface area contributed by atoms with Crippen LogP contribution in [0.1, 0.15) is 34.6 Å². The Morgan fingerprint density at radius 1 is 1.13 bits per heavy atom. The Bertz CT molecular complexity index is 1040. The standard InChI is InChI=1S/C25H27F2NO2Si/c1-16-11-22(26)24(23(27)12-16)21-15-28-25(30)20(21)14-19(29)13-18-7-5-17(6-8-18)9-10-31(2,3)4/h5-8,11-12,20-21H,13-15H2,1-4H3,(H,28,30)/t20-,21+/m0/s1. The molecule has 0 aliphatic carbocycles. The van der Waals surface area contributed by atoms with Gasteiger partial charge in [-0.2, -0.15) is 0 Å². The van der Waals surface area contributed by atoms with Crippen molar-refractivity contribution in [3.8, 4) is 11.5 Å². The maximum absolute atomic E-state index is 14.4. The molecule has 162 valence electrons. The number of hydrogen-bond acceptors (Lipinski definition) is 2. The highest BCUT2D eigenvalue weighted by atomic mass is 28.3. The first-order chi connectivity index (χ1) is 14.5. The second-order valence-corrected chi connectivity index (χ2v) is 14.0. The third-order valence-corrected chi connectivity index (χ3v) is 6.17. The Balaban J connectivity index is 1.70. The maximum Gasteiger partial charge on any atom is 0.224 e. The molecule has 1 aliphatic heterocycles. The van der Waals surface area contributed by atoms with Crippen LogP contribution in [0.25, 0.3) is 0 Å². The summed E-state index contributed by atoms with van der Waals surface area (Å²) in [4.78, 5) is 25.0. The molecule has 1 aliphatic rings. The van der Waals surface area contributed by atoms with Gasteiger partial charge in [-0.05, 0) is 42.3 Å². The minimum Gasteiger partial charge on any atom is -0.355 e. The van der Waals surface area contributed by atoms with Gasteiger partial charge >= 0.3 is 0 Å². The number of ketones is 1. The average molecular weight is 440 g/mol. The number of carbonyl (C=O) groups excluding carboxylic acids is 2. The van der Waals surface area contributed by atoms with Crippen LogP contribution in [0.2, 0.25) is 19.6 Å². The molecule has 1 N–H and O–H groups in total. The molecule has 0 spiro atoms. The van der Waals surface area contributed by atoms with Gasteiger partial charge in [0, 0.05) is 36.4 Å². The molecule has 6 heteroatoms. The first-order valence-corrected chi connectivity index (χ1v) is 13.9. The monoisotopic (exact) mass is 439 g/mol. The van der Waals surface area contributed by atoms with E-state index >= 15 is 0 Å². The van der Waals surface area contributed by atoms with Crippen LogP contribution in [0.5, 0.6) is 0 Å². The molecule has 2 atom stereocenters. The Morgan fingerprint density at radius 2 is 1.74 bits per heavy atom. The van der Waals surface area contributed by atoms with Gasteiger partial charge in [-0.1, -0.05) is 37.7 Å². The van der Waals surface area contributed by atoms with E-state index in [1.165, 1.54) is 12.1 Å². The van der Waals surface area contributed by atoms with Gasteiger partial charge in [-0.3, -0.25) is 9.59 Å². The summed E-state index contributed by atoms with van der Waals surface area (Å²) in [5, 5.41) is 2.65. The normalized spacial score (nSPS) is 18.3.